The van der Waals surface area contributed by atoms with Crippen LogP contribution in [-0.4, -0.2) is 26.2 Å². The Morgan fingerprint density at radius 3 is 1.84 bits per heavy atom. The first-order valence-electron chi connectivity index (χ1n) is 10.5. The summed E-state index contributed by atoms with van der Waals surface area (Å²) in [6.07, 6.45) is 3.81. The third kappa shape index (κ3) is 5.14. The van der Waals surface area contributed by atoms with Gasteiger partial charge in [-0.3, -0.25) is 9.59 Å². The van der Waals surface area contributed by atoms with Gasteiger partial charge in [0.05, 0.1) is 27.1 Å². The maximum absolute atomic E-state index is 12.4. The molecule has 4 heteroatoms. The molecule has 3 aromatic rings. The third-order valence-corrected chi connectivity index (χ3v) is 5.89. The Morgan fingerprint density at radius 2 is 1.28 bits per heavy atom. The molecule has 3 rings (SSSR count). The van der Waals surface area contributed by atoms with E-state index in [9.17, 15) is 9.59 Å². The number of carbonyl (C=O) groups is 2. The monoisotopic (exact) mass is 428 g/mol. The van der Waals surface area contributed by atoms with Gasteiger partial charge in [-0.1, -0.05) is 86.0 Å². The van der Waals surface area contributed by atoms with E-state index in [0.717, 1.165) is 33.0 Å². The minimum absolute atomic E-state index is 0.134. The fourth-order valence-electron chi connectivity index (χ4n) is 4.14. The van der Waals surface area contributed by atoms with Crippen LogP contribution in [-0.2, 0) is 19.1 Å². The van der Waals surface area contributed by atoms with Crippen molar-refractivity contribution in [2.24, 2.45) is 0 Å². The van der Waals surface area contributed by atoms with Crippen molar-refractivity contribution >= 4 is 34.9 Å². The van der Waals surface area contributed by atoms with Crippen molar-refractivity contribution in [2.45, 2.75) is 24.7 Å². The first-order valence-corrected chi connectivity index (χ1v) is 10.5. The quantitative estimate of drug-likeness (QED) is 0.385. The maximum atomic E-state index is 12.4. The number of carbonyl (C=O) groups excluding carboxylic acids is 2. The van der Waals surface area contributed by atoms with Gasteiger partial charge in [0, 0.05) is 11.8 Å². The normalized spacial score (nSPS) is 12.6. The van der Waals surface area contributed by atoms with Gasteiger partial charge < -0.3 is 9.47 Å². The molecule has 0 fully saturated rings. The van der Waals surface area contributed by atoms with Crippen molar-refractivity contribution in [1.82, 2.24) is 0 Å². The molecule has 0 heterocycles. The molecule has 0 saturated carbocycles. The van der Waals surface area contributed by atoms with Crippen molar-refractivity contribution in [2.75, 3.05) is 14.2 Å². The molecule has 2 atom stereocenters. The number of hydrogen-bond donors (Lipinski definition) is 0. The zero-order chi connectivity index (χ0) is 23.1. The van der Waals surface area contributed by atoms with Crippen molar-refractivity contribution in [3.05, 3.63) is 96.1 Å². The van der Waals surface area contributed by atoms with Crippen LogP contribution in [0.25, 0.3) is 22.9 Å². The number of methoxy groups -OCH3 is 2. The summed E-state index contributed by atoms with van der Waals surface area (Å²) in [5.74, 6) is -1.23. The lowest BCUT2D eigenvalue weighted by molar-refractivity contribution is -0.143. The summed E-state index contributed by atoms with van der Waals surface area (Å²) in [4.78, 5) is 24.8. The van der Waals surface area contributed by atoms with E-state index in [1.165, 1.54) is 14.2 Å². The Hall–Kier alpha value is -3.66. The Balaban J connectivity index is 2.16. The molecular formula is C28H28O4. The van der Waals surface area contributed by atoms with E-state index in [4.69, 9.17) is 9.47 Å². The number of fused-ring (bicyclic) bond motifs is 1. The van der Waals surface area contributed by atoms with Gasteiger partial charge in [0.25, 0.3) is 0 Å². The molecule has 0 spiro atoms. The van der Waals surface area contributed by atoms with Gasteiger partial charge in [0.1, 0.15) is 0 Å². The smallest absolute Gasteiger partial charge is 0.306 e. The highest BCUT2D eigenvalue weighted by Crippen LogP contribution is 2.40. The van der Waals surface area contributed by atoms with Crippen LogP contribution in [0.15, 0.2) is 73.8 Å². The zero-order valence-corrected chi connectivity index (χ0v) is 18.5. The van der Waals surface area contributed by atoms with Crippen LogP contribution >= 0.6 is 0 Å². The van der Waals surface area contributed by atoms with Gasteiger partial charge in [-0.05, 0) is 33.0 Å². The highest BCUT2D eigenvalue weighted by molar-refractivity contribution is 5.83. The average molecular weight is 429 g/mol. The highest BCUT2D eigenvalue weighted by Gasteiger charge is 2.30. The Morgan fingerprint density at radius 1 is 0.750 bits per heavy atom. The average Bonchev–Trinajstić information content (AvgIpc) is 2.84. The lowest BCUT2D eigenvalue weighted by Gasteiger charge is -2.27. The van der Waals surface area contributed by atoms with Gasteiger partial charge in [-0.15, -0.1) is 0 Å². The van der Waals surface area contributed by atoms with Crippen LogP contribution in [0.5, 0.6) is 0 Å². The number of rotatable bonds is 9. The van der Waals surface area contributed by atoms with Gasteiger partial charge in [-0.25, -0.2) is 0 Å². The summed E-state index contributed by atoms with van der Waals surface area (Å²) >= 11 is 0. The molecule has 2 unspecified atom stereocenters. The molecular weight excluding hydrogens is 400 g/mol. The molecule has 0 saturated heterocycles. The standard InChI is InChI=1S/C28H28O4/c1-5-19-11-13-23(15-20(19)6-2)25(17-27(29)31-3)26(18-28(30)32-4)24-14-12-21-9-7-8-10-22(21)16-24/h5-16,25-26H,1-2,17-18H2,3-4H3. The molecule has 0 aliphatic carbocycles. The second-order valence-corrected chi connectivity index (χ2v) is 7.68. The number of benzene rings is 3. The van der Waals surface area contributed by atoms with E-state index in [1.54, 1.807) is 12.2 Å². The van der Waals surface area contributed by atoms with Gasteiger partial charge in [0.15, 0.2) is 0 Å². The van der Waals surface area contributed by atoms with Crippen molar-refractivity contribution in [3.8, 4) is 0 Å². The van der Waals surface area contributed by atoms with Crippen LogP contribution in [0.4, 0.5) is 0 Å². The van der Waals surface area contributed by atoms with Crippen LogP contribution in [0, 0.1) is 0 Å². The minimum Gasteiger partial charge on any atom is -0.469 e. The number of esters is 2. The van der Waals surface area contributed by atoms with E-state index >= 15 is 0 Å². The predicted molar refractivity (Wildman–Crippen MR) is 129 cm³/mol. The molecule has 0 amide bonds. The Bertz CT molecular complexity index is 1150. The fraction of sp³-hybridized carbons (Fsp3) is 0.214. The summed E-state index contributed by atoms with van der Waals surface area (Å²) in [5.41, 5.74) is 3.77. The topological polar surface area (TPSA) is 52.6 Å². The zero-order valence-electron chi connectivity index (χ0n) is 18.5. The van der Waals surface area contributed by atoms with Gasteiger partial charge >= 0.3 is 11.9 Å². The highest BCUT2D eigenvalue weighted by atomic mass is 16.5. The number of hydrogen-bond acceptors (Lipinski definition) is 4. The fourth-order valence-corrected chi connectivity index (χ4v) is 4.14. The molecule has 0 aromatic heterocycles. The third-order valence-electron chi connectivity index (χ3n) is 5.89. The van der Waals surface area contributed by atoms with Crippen molar-refractivity contribution in [1.29, 1.82) is 0 Å². The predicted octanol–water partition coefficient (Wildman–Crippen LogP) is 6.12. The molecule has 0 N–H and O–H groups in total. The molecule has 164 valence electrons. The minimum atomic E-state index is -0.335. The van der Waals surface area contributed by atoms with E-state index in [1.807, 2.05) is 54.6 Å². The number of ether oxygens (including phenoxy) is 2. The van der Waals surface area contributed by atoms with E-state index in [0.29, 0.717) is 0 Å². The molecule has 3 aromatic carbocycles. The summed E-state index contributed by atoms with van der Waals surface area (Å²) in [5, 5.41) is 2.19. The SMILES string of the molecule is C=Cc1ccc(C(CC(=O)OC)C(CC(=O)OC)c2ccc3ccccc3c2)cc1C=C. The molecule has 0 bridgehead atoms. The lowest BCUT2D eigenvalue weighted by atomic mass is 9.76. The Labute approximate surface area is 189 Å². The largest absolute Gasteiger partial charge is 0.469 e. The van der Waals surface area contributed by atoms with Crippen LogP contribution < -0.4 is 0 Å². The lowest BCUT2D eigenvalue weighted by Crippen LogP contribution is -2.20. The second-order valence-electron chi connectivity index (χ2n) is 7.68. The van der Waals surface area contributed by atoms with Crippen molar-refractivity contribution in [3.63, 3.8) is 0 Å². The molecule has 0 aliphatic heterocycles. The summed E-state index contributed by atoms with van der Waals surface area (Å²) in [6, 6.07) is 20.1. The van der Waals surface area contributed by atoms with Crippen LogP contribution in [0.1, 0.15) is 46.9 Å². The first-order chi connectivity index (χ1) is 15.5. The Kier molecular flexibility index (Phi) is 7.61. The second kappa shape index (κ2) is 10.6. The molecule has 0 radical (unpaired) electrons. The maximum Gasteiger partial charge on any atom is 0.306 e. The van der Waals surface area contributed by atoms with E-state index in [-0.39, 0.29) is 36.6 Å². The van der Waals surface area contributed by atoms with Crippen LogP contribution in [0.3, 0.4) is 0 Å². The van der Waals surface area contributed by atoms with E-state index < -0.39 is 0 Å². The van der Waals surface area contributed by atoms with Gasteiger partial charge in [0.2, 0.25) is 0 Å². The first kappa shape index (κ1) is 23.0. The summed E-state index contributed by atoms with van der Waals surface area (Å²) in [6.45, 7) is 7.76. The van der Waals surface area contributed by atoms with Crippen LogP contribution in [0.2, 0.25) is 0 Å². The van der Waals surface area contributed by atoms with Crippen molar-refractivity contribution < 1.29 is 19.1 Å². The summed E-state index contributed by atoms with van der Waals surface area (Å²) < 4.78 is 10.0. The van der Waals surface area contributed by atoms with E-state index in [2.05, 4.69) is 19.2 Å². The van der Waals surface area contributed by atoms with Gasteiger partial charge in [-0.2, -0.15) is 0 Å². The molecule has 32 heavy (non-hydrogen) atoms. The summed E-state index contributed by atoms with van der Waals surface area (Å²) in [7, 11) is 2.75. The molecule has 4 nitrogen and oxygen atoms in total. The molecule has 0 aliphatic rings.